The molecule has 0 atom stereocenters. The number of hydrogen-bond donors (Lipinski definition) is 1. The molecule has 0 saturated heterocycles. The first-order valence-corrected chi connectivity index (χ1v) is 10.3. The van der Waals surface area contributed by atoms with Gasteiger partial charge in [-0.05, 0) is 50.3 Å². The van der Waals surface area contributed by atoms with Gasteiger partial charge in [-0.25, -0.2) is 4.98 Å². The Morgan fingerprint density at radius 2 is 2.15 bits per heavy atom. The van der Waals surface area contributed by atoms with Crippen molar-refractivity contribution >= 4 is 39.2 Å². The van der Waals surface area contributed by atoms with E-state index in [4.69, 9.17) is 10.7 Å². The van der Waals surface area contributed by atoms with E-state index in [1.165, 1.54) is 16.6 Å². The highest BCUT2D eigenvalue weighted by atomic mass is 32.2. The van der Waals surface area contributed by atoms with Gasteiger partial charge in [0.1, 0.15) is 4.83 Å². The van der Waals surface area contributed by atoms with E-state index in [1.807, 2.05) is 32.0 Å². The molecule has 0 fully saturated rings. The molecular formula is C19H19N3O2S2. The van der Waals surface area contributed by atoms with Crippen LogP contribution >= 0.6 is 23.1 Å². The maximum atomic E-state index is 13.5. The molecule has 0 spiro atoms. The molecule has 1 aromatic carbocycles. The fourth-order valence-corrected chi connectivity index (χ4v) is 5.57. The Bertz CT molecular complexity index is 1100. The monoisotopic (exact) mass is 385 g/mol. The molecule has 7 heteroatoms. The van der Waals surface area contributed by atoms with Crippen LogP contribution in [0.2, 0.25) is 0 Å². The Balaban J connectivity index is 2.01. The van der Waals surface area contributed by atoms with E-state index in [-0.39, 0.29) is 11.3 Å². The third-order valence-electron chi connectivity index (χ3n) is 4.64. The van der Waals surface area contributed by atoms with Crippen LogP contribution in [0, 0.1) is 13.8 Å². The average molecular weight is 386 g/mol. The minimum absolute atomic E-state index is 0.0478. The minimum Gasteiger partial charge on any atom is -0.369 e. The van der Waals surface area contributed by atoms with E-state index in [9.17, 15) is 9.59 Å². The van der Waals surface area contributed by atoms with Crippen LogP contribution in [0.3, 0.4) is 0 Å². The molecule has 0 saturated carbocycles. The highest BCUT2D eigenvalue weighted by Crippen LogP contribution is 2.36. The van der Waals surface area contributed by atoms with Crippen LogP contribution in [-0.2, 0) is 17.6 Å². The van der Waals surface area contributed by atoms with Crippen molar-refractivity contribution in [2.45, 2.75) is 38.3 Å². The zero-order valence-electron chi connectivity index (χ0n) is 14.7. The van der Waals surface area contributed by atoms with Crippen LogP contribution in [0.15, 0.2) is 28.2 Å². The molecule has 2 aromatic heterocycles. The Labute approximate surface area is 159 Å². The summed E-state index contributed by atoms with van der Waals surface area (Å²) < 4.78 is 1.65. The van der Waals surface area contributed by atoms with Crippen molar-refractivity contribution < 1.29 is 4.79 Å². The Hall–Kier alpha value is -2.12. The smallest absolute Gasteiger partial charge is 0.267 e. The van der Waals surface area contributed by atoms with E-state index < -0.39 is 5.91 Å². The molecule has 2 N–H and O–H groups in total. The fraction of sp³-hybridized carbons (Fsp3) is 0.316. The highest BCUT2D eigenvalue weighted by molar-refractivity contribution is 7.99. The lowest BCUT2D eigenvalue weighted by molar-refractivity contribution is -0.115. The number of carbonyl (C=O) groups is 1. The second-order valence-corrected chi connectivity index (χ2v) is 8.64. The molecule has 0 unspecified atom stereocenters. The second kappa shape index (κ2) is 6.55. The number of hydrogen-bond acceptors (Lipinski definition) is 5. The maximum absolute atomic E-state index is 13.5. The van der Waals surface area contributed by atoms with Crippen LogP contribution in [0.25, 0.3) is 15.9 Å². The summed E-state index contributed by atoms with van der Waals surface area (Å²) in [5, 5.41) is 1.26. The van der Waals surface area contributed by atoms with Crippen molar-refractivity contribution in [3.8, 4) is 5.69 Å². The number of thioether (sulfide) groups is 1. The Kier molecular flexibility index (Phi) is 4.36. The number of fused-ring (bicyclic) bond motifs is 3. The normalized spacial score (nSPS) is 13.3. The first kappa shape index (κ1) is 17.3. The zero-order valence-corrected chi connectivity index (χ0v) is 16.3. The molecular weight excluding hydrogens is 366 g/mol. The summed E-state index contributed by atoms with van der Waals surface area (Å²) in [5.41, 5.74) is 9.37. The number of rotatable bonds is 4. The Morgan fingerprint density at radius 3 is 2.88 bits per heavy atom. The fourth-order valence-electron chi connectivity index (χ4n) is 3.53. The third kappa shape index (κ3) is 2.85. The summed E-state index contributed by atoms with van der Waals surface area (Å²) in [6.07, 6.45) is 3.05. The molecule has 3 aromatic rings. The van der Waals surface area contributed by atoms with Crippen LogP contribution in [-0.4, -0.2) is 21.2 Å². The first-order chi connectivity index (χ1) is 12.5. The van der Waals surface area contributed by atoms with Gasteiger partial charge in [0, 0.05) is 4.88 Å². The summed E-state index contributed by atoms with van der Waals surface area (Å²) in [6, 6.07) is 5.98. The van der Waals surface area contributed by atoms with Gasteiger partial charge in [0.2, 0.25) is 5.91 Å². The van der Waals surface area contributed by atoms with Crippen LogP contribution < -0.4 is 11.3 Å². The lowest BCUT2D eigenvalue weighted by atomic mass is 10.1. The van der Waals surface area contributed by atoms with Gasteiger partial charge in [0.05, 0.1) is 16.8 Å². The van der Waals surface area contributed by atoms with Crippen LogP contribution in [0.4, 0.5) is 0 Å². The average Bonchev–Trinajstić information content (AvgIpc) is 3.14. The van der Waals surface area contributed by atoms with Crippen molar-refractivity contribution in [2.24, 2.45) is 5.73 Å². The van der Waals surface area contributed by atoms with Gasteiger partial charge in [-0.1, -0.05) is 29.5 Å². The van der Waals surface area contributed by atoms with Crippen LogP contribution in [0.1, 0.15) is 28.0 Å². The summed E-state index contributed by atoms with van der Waals surface area (Å²) in [4.78, 5) is 31.5. The maximum Gasteiger partial charge on any atom is 0.267 e. The number of nitrogens with two attached hydrogens (primary N) is 1. The molecule has 5 nitrogen and oxygen atoms in total. The molecule has 0 aliphatic heterocycles. The number of primary amides is 1. The molecule has 2 heterocycles. The predicted octanol–water partition coefficient (Wildman–Crippen LogP) is 3.13. The van der Waals surface area contributed by atoms with E-state index in [0.29, 0.717) is 5.16 Å². The number of benzene rings is 1. The molecule has 0 bridgehead atoms. The van der Waals surface area contributed by atoms with Gasteiger partial charge < -0.3 is 5.73 Å². The van der Waals surface area contributed by atoms with Crippen LogP contribution in [0.5, 0.6) is 0 Å². The molecule has 0 radical (unpaired) electrons. The molecule has 4 rings (SSSR count). The lowest BCUT2D eigenvalue weighted by Gasteiger charge is -2.14. The number of nitrogens with zero attached hydrogens (tertiary/aromatic N) is 2. The SMILES string of the molecule is Cc1ccc(-n2c(SCC(N)=O)nc3sc4c(c3c2=O)CCC4)c(C)c1. The molecule has 1 aliphatic carbocycles. The van der Waals surface area contributed by atoms with Crippen molar-refractivity contribution in [3.63, 3.8) is 0 Å². The van der Waals surface area contributed by atoms with E-state index in [2.05, 4.69) is 0 Å². The predicted molar refractivity (Wildman–Crippen MR) is 107 cm³/mol. The number of thiophene rings is 1. The topological polar surface area (TPSA) is 78.0 Å². The number of aromatic nitrogens is 2. The summed E-state index contributed by atoms with van der Waals surface area (Å²) in [6.45, 7) is 4.01. The van der Waals surface area contributed by atoms with Crippen molar-refractivity contribution in [1.29, 1.82) is 0 Å². The molecule has 1 amide bonds. The van der Waals surface area contributed by atoms with E-state index >= 15 is 0 Å². The second-order valence-electron chi connectivity index (χ2n) is 6.62. The third-order valence-corrected chi connectivity index (χ3v) is 6.79. The highest BCUT2D eigenvalue weighted by Gasteiger charge is 2.24. The van der Waals surface area contributed by atoms with Gasteiger partial charge in [-0.3, -0.25) is 14.2 Å². The van der Waals surface area contributed by atoms with Crippen molar-refractivity contribution in [2.75, 3.05) is 5.75 Å². The van der Waals surface area contributed by atoms with Gasteiger partial charge in [-0.15, -0.1) is 11.3 Å². The number of aryl methyl sites for hydroxylation is 4. The van der Waals surface area contributed by atoms with Gasteiger partial charge in [-0.2, -0.15) is 0 Å². The van der Waals surface area contributed by atoms with Crippen molar-refractivity contribution in [3.05, 3.63) is 50.1 Å². The number of carbonyl (C=O) groups excluding carboxylic acids is 1. The Morgan fingerprint density at radius 1 is 1.35 bits per heavy atom. The summed E-state index contributed by atoms with van der Waals surface area (Å²) >= 11 is 2.82. The lowest BCUT2D eigenvalue weighted by Crippen LogP contribution is -2.23. The largest absolute Gasteiger partial charge is 0.369 e. The van der Waals surface area contributed by atoms with Gasteiger partial charge in [0.15, 0.2) is 5.16 Å². The molecule has 134 valence electrons. The zero-order chi connectivity index (χ0) is 18.4. The van der Waals surface area contributed by atoms with Gasteiger partial charge in [0.25, 0.3) is 5.56 Å². The number of amides is 1. The summed E-state index contributed by atoms with van der Waals surface area (Å²) in [5.74, 6) is -0.335. The van der Waals surface area contributed by atoms with Crippen molar-refractivity contribution in [1.82, 2.24) is 9.55 Å². The molecule has 26 heavy (non-hydrogen) atoms. The van der Waals surface area contributed by atoms with Gasteiger partial charge >= 0.3 is 0 Å². The molecule has 1 aliphatic rings. The first-order valence-electron chi connectivity index (χ1n) is 8.51. The van der Waals surface area contributed by atoms with E-state index in [0.717, 1.165) is 51.9 Å². The standard InChI is InChI=1S/C19H19N3O2S2/c1-10-6-7-13(11(2)8-10)22-18(24)16-12-4-3-5-14(12)26-17(16)21-19(22)25-9-15(20)23/h6-8H,3-5,9H2,1-2H3,(H2,20,23). The summed E-state index contributed by atoms with van der Waals surface area (Å²) in [7, 11) is 0. The quantitative estimate of drug-likeness (QED) is 0.553. The minimum atomic E-state index is -0.426. The van der Waals surface area contributed by atoms with E-state index in [1.54, 1.807) is 15.9 Å².